The highest BCUT2D eigenvalue weighted by atomic mass is 31.2. The number of unbranched alkanes of at least 4 members (excludes halogenated alkanes) is 44. The molecule has 0 spiro atoms. The molecule has 0 radical (unpaired) electrons. The molecule has 558 valence electrons. The highest BCUT2D eigenvalue weighted by molar-refractivity contribution is 7.47. The van der Waals surface area contributed by atoms with Crippen LogP contribution in [0.1, 0.15) is 388 Å². The summed E-state index contributed by atoms with van der Waals surface area (Å²) in [5.41, 5.74) is 0. The summed E-state index contributed by atoms with van der Waals surface area (Å²) >= 11 is 0. The fraction of sp³-hybridized carbons (Fsp3) is 0.947. The molecular formula is C75H146O17P2. The fourth-order valence-corrected chi connectivity index (χ4v) is 13.1. The summed E-state index contributed by atoms with van der Waals surface area (Å²) in [6.45, 7) is 9.54. The van der Waals surface area contributed by atoms with Crippen molar-refractivity contribution in [1.82, 2.24) is 0 Å². The predicted octanol–water partition coefficient (Wildman–Crippen LogP) is 21.9. The van der Waals surface area contributed by atoms with Gasteiger partial charge in [0.25, 0.3) is 0 Å². The number of aliphatic hydroxyl groups is 1. The van der Waals surface area contributed by atoms with E-state index < -0.39 is 97.5 Å². The Morgan fingerprint density at radius 2 is 0.489 bits per heavy atom. The molecule has 94 heavy (non-hydrogen) atoms. The molecule has 0 aromatic rings. The van der Waals surface area contributed by atoms with E-state index in [1.54, 1.807) is 0 Å². The van der Waals surface area contributed by atoms with Crippen LogP contribution in [-0.2, 0) is 65.4 Å². The Kier molecular flexibility index (Phi) is 65.5. The van der Waals surface area contributed by atoms with E-state index in [1.165, 1.54) is 199 Å². The maximum atomic E-state index is 13.1. The molecule has 0 rings (SSSR count). The van der Waals surface area contributed by atoms with Crippen LogP contribution in [0.4, 0.5) is 0 Å². The second kappa shape index (κ2) is 66.9. The predicted molar refractivity (Wildman–Crippen MR) is 381 cm³/mol. The molecule has 0 aliphatic rings. The molecule has 5 atom stereocenters. The van der Waals surface area contributed by atoms with Crippen molar-refractivity contribution in [3.8, 4) is 0 Å². The quantitative estimate of drug-likeness (QED) is 0.0222. The number of rotatable bonds is 74. The number of phosphoric ester groups is 2. The van der Waals surface area contributed by atoms with Crippen LogP contribution in [0.2, 0.25) is 0 Å². The minimum Gasteiger partial charge on any atom is -0.462 e. The third-order valence-corrected chi connectivity index (χ3v) is 19.4. The van der Waals surface area contributed by atoms with Gasteiger partial charge in [0.2, 0.25) is 0 Å². The lowest BCUT2D eigenvalue weighted by Gasteiger charge is -2.21. The van der Waals surface area contributed by atoms with Gasteiger partial charge in [0.1, 0.15) is 19.3 Å². The smallest absolute Gasteiger partial charge is 0.462 e. The van der Waals surface area contributed by atoms with Crippen molar-refractivity contribution in [3.05, 3.63) is 0 Å². The van der Waals surface area contributed by atoms with Gasteiger partial charge in [-0.1, -0.05) is 337 Å². The highest BCUT2D eigenvalue weighted by Gasteiger charge is 2.30. The lowest BCUT2D eigenvalue weighted by atomic mass is 10.0. The molecule has 19 heteroatoms. The summed E-state index contributed by atoms with van der Waals surface area (Å²) in [6, 6.07) is 0. The molecule has 0 bridgehead atoms. The van der Waals surface area contributed by atoms with Crippen molar-refractivity contribution in [2.45, 2.75) is 407 Å². The van der Waals surface area contributed by atoms with Crippen molar-refractivity contribution in [2.24, 2.45) is 11.8 Å². The van der Waals surface area contributed by atoms with E-state index in [2.05, 4.69) is 41.5 Å². The Hall–Kier alpha value is -1.94. The molecule has 0 aromatic heterocycles. The minimum absolute atomic E-state index is 0.106. The second-order valence-corrected chi connectivity index (χ2v) is 30.9. The minimum atomic E-state index is -4.95. The first-order valence-electron chi connectivity index (χ1n) is 39.0. The monoisotopic (exact) mass is 1380 g/mol. The largest absolute Gasteiger partial charge is 0.472 e. The SMILES string of the molecule is CCCCCCCCCCCCCCCCCCCC(=O)OC[C@H](COP(=O)(O)OC[C@@H](O)COP(=O)(O)OC[C@@H](COC(=O)CCCCCCC)OC(=O)CCCCCCCCCCCCCCC(C)C)OC(=O)CCCCCCCCCCCCCCCCC(C)C. The number of aliphatic hydroxyl groups excluding tert-OH is 1. The number of carbonyl (C=O) groups excluding carboxylic acids is 4. The number of ether oxygens (including phenoxy) is 4. The number of esters is 4. The van der Waals surface area contributed by atoms with Gasteiger partial charge in [-0.2, -0.15) is 0 Å². The number of carbonyl (C=O) groups is 4. The lowest BCUT2D eigenvalue weighted by Crippen LogP contribution is -2.30. The molecule has 0 aliphatic carbocycles. The Morgan fingerprint density at radius 1 is 0.287 bits per heavy atom. The Balaban J connectivity index is 5.14. The molecule has 0 aliphatic heterocycles. The second-order valence-electron chi connectivity index (χ2n) is 28.0. The van der Waals surface area contributed by atoms with Crippen molar-refractivity contribution in [3.63, 3.8) is 0 Å². The molecular weight excluding hydrogens is 1230 g/mol. The van der Waals surface area contributed by atoms with Crippen LogP contribution >= 0.6 is 15.6 Å². The molecule has 0 heterocycles. The zero-order valence-electron chi connectivity index (χ0n) is 61.3. The summed E-state index contributed by atoms with van der Waals surface area (Å²) in [5, 5.41) is 10.6. The van der Waals surface area contributed by atoms with Crippen LogP contribution in [0.3, 0.4) is 0 Å². The number of hydrogen-bond donors (Lipinski definition) is 3. The molecule has 0 aromatic carbocycles. The van der Waals surface area contributed by atoms with Crippen LogP contribution in [0.15, 0.2) is 0 Å². The van der Waals surface area contributed by atoms with E-state index in [1.807, 2.05) is 0 Å². The van der Waals surface area contributed by atoms with Gasteiger partial charge >= 0.3 is 39.5 Å². The first-order chi connectivity index (χ1) is 45.4. The molecule has 0 fully saturated rings. The third-order valence-electron chi connectivity index (χ3n) is 17.5. The molecule has 0 amide bonds. The van der Waals surface area contributed by atoms with E-state index in [9.17, 15) is 43.2 Å². The summed E-state index contributed by atoms with van der Waals surface area (Å²) in [5.74, 6) is -0.555. The van der Waals surface area contributed by atoms with Crippen LogP contribution in [-0.4, -0.2) is 96.7 Å². The van der Waals surface area contributed by atoms with Gasteiger partial charge in [-0.05, 0) is 37.5 Å². The van der Waals surface area contributed by atoms with E-state index in [4.69, 9.17) is 37.0 Å². The summed E-state index contributed by atoms with van der Waals surface area (Å²) in [7, 11) is -9.90. The van der Waals surface area contributed by atoms with Gasteiger partial charge < -0.3 is 33.8 Å². The van der Waals surface area contributed by atoms with Crippen LogP contribution in [0, 0.1) is 11.8 Å². The van der Waals surface area contributed by atoms with E-state index in [-0.39, 0.29) is 25.7 Å². The fourth-order valence-electron chi connectivity index (χ4n) is 11.5. The average molecular weight is 1380 g/mol. The van der Waals surface area contributed by atoms with Gasteiger partial charge in [-0.25, -0.2) is 9.13 Å². The van der Waals surface area contributed by atoms with E-state index >= 15 is 0 Å². The standard InChI is InChI=1S/C75H146O17P2/c1-7-9-11-13-14-15-16-17-18-19-20-24-30-35-40-46-52-58-73(78)86-64-71(92-75(80)60-53-47-41-36-31-25-22-21-23-28-33-38-44-49-55-67(3)4)66-90-94(83,84)88-62-69(76)61-87-93(81,82)89-65-70(63-85-72(77)57-51-43-12-10-8-2)91-74(79)59-54-48-42-37-32-27-26-29-34-39-45-50-56-68(5)6/h67-71,76H,7-66H2,1-6H3,(H,81,82)(H,83,84)/t69-,70+,71+/m0/s1. The van der Waals surface area contributed by atoms with Crippen molar-refractivity contribution in [1.29, 1.82) is 0 Å². The molecule has 0 saturated carbocycles. The van der Waals surface area contributed by atoms with E-state index in [0.717, 1.165) is 108 Å². The average Bonchev–Trinajstić information content (AvgIpc) is 2.49. The molecule has 2 unspecified atom stereocenters. The van der Waals surface area contributed by atoms with Crippen LogP contribution in [0.25, 0.3) is 0 Å². The first kappa shape index (κ1) is 92.1. The van der Waals surface area contributed by atoms with Gasteiger partial charge in [0.15, 0.2) is 12.2 Å². The topological polar surface area (TPSA) is 237 Å². The molecule has 17 nitrogen and oxygen atoms in total. The Labute approximate surface area is 575 Å². The van der Waals surface area contributed by atoms with Crippen molar-refractivity contribution in [2.75, 3.05) is 39.6 Å². The van der Waals surface area contributed by atoms with Gasteiger partial charge in [-0.3, -0.25) is 37.3 Å². The third kappa shape index (κ3) is 68.6. The maximum absolute atomic E-state index is 13.1. The highest BCUT2D eigenvalue weighted by Crippen LogP contribution is 2.45. The van der Waals surface area contributed by atoms with Crippen molar-refractivity contribution >= 4 is 39.5 Å². The number of hydrogen-bond acceptors (Lipinski definition) is 15. The summed E-state index contributed by atoms with van der Waals surface area (Å²) < 4.78 is 68.3. The van der Waals surface area contributed by atoms with Crippen LogP contribution < -0.4 is 0 Å². The number of phosphoric acid groups is 2. The first-order valence-corrected chi connectivity index (χ1v) is 42.0. The normalized spacial score (nSPS) is 14.0. The summed E-state index contributed by atoms with van der Waals surface area (Å²) in [6.07, 6.45) is 54.5. The van der Waals surface area contributed by atoms with Gasteiger partial charge in [0, 0.05) is 25.7 Å². The van der Waals surface area contributed by atoms with Crippen molar-refractivity contribution < 1.29 is 80.2 Å². The molecule has 3 N–H and O–H groups in total. The summed E-state index contributed by atoms with van der Waals surface area (Å²) in [4.78, 5) is 72.5. The van der Waals surface area contributed by atoms with E-state index in [0.29, 0.717) is 25.7 Å². The zero-order chi connectivity index (χ0) is 69.3. The zero-order valence-corrected chi connectivity index (χ0v) is 63.1. The van der Waals surface area contributed by atoms with Gasteiger partial charge in [-0.15, -0.1) is 0 Å². The van der Waals surface area contributed by atoms with Gasteiger partial charge in [0.05, 0.1) is 26.4 Å². The molecule has 0 saturated heterocycles. The lowest BCUT2D eigenvalue weighted by molar-refractivity contribution is -0.161. The Bertz CT molecular complexity index is 1820. The van der Waals surface area contributed by atoms with Crippen LogP contribution in [0.5, 0.6) is 0 Å². The maximum Gasteiger partial charge on any atom is 0.472 e. The Morgan fingerprint density at radius 3 is 0.723 bits per heavy atom.